The summed E-state index contributed by atoms with van der Waals surface area (Å²) in [6, 6.07) is 4.26. The zero-order valence-corrected chi connectivity index (χ0v) is 16.9. The number of nitrogens with zero attached hydrogens (tertiary/aromatic N) is 6. The minimum absolute atomic E-state index is 0.101. The molecule has 0 fully saturated rings. The van der Waals surface area contributed by atoms with Gasteiger partial charge in [-0.1, -0.05) is 12.1 Å². The van der Waals surface area contributed by atoms with Crippen LogP contribution in [0.1, 0.15) is 44.1 Å². The second kappa shape index (κ2) is 7.35. The highest BCUT2D eigenvalue weighted by molar-refractivity contribution is 5.87. The fourth-order valence-electron chi connectivity index (χ4n) is 3.56. The number of benzene rings is 1. The van der Waals surface area contributed by atoms with Crippen molar-refractivity contribution >= 4 is 16.6 Å². The molecule has 0 saturated carbocycles. The van der Waals surface area contributed by atoms with Crippen LogP contribution in [-0.4, -0.2) is 37.8 Å². The lowest BCUT2D eigenvalue weighted by atomic mass is 10.1. The topological polar surface area (TPSA) is 111 Å². The van der Waals surface area contributed by atoms with Gasteiger partial charge in [0.25, 0.3) is 11.4 Å². The maximum absolute atomic E-state index is 14.3. The maximum Gasteiger partial charge on any atom is 0.278 e. The van der Waals surface area contributed by atoms with Gasteiger partial charge in [-0.2, -0.15) is 10.2 Å². The van der Waals surface area contributed by atoms with E-state index in [0.29, 0.717) is 17.9 Å². The van der Waals surface area contributed by atoms with Crippen LogP contribution in [0.2, 0.25) is 0 Å². The predicted octanol–water partition coefficient (Wildman–Crippen LogP) is 3.04. The number of hydrogen-bond acceptors (Lipinski definition) is 7. The summed E-state index contributed by atoms with van der Waals surface area (Å²) in [5.41, 5.74) is 0.501. The molecule has 154 valence electrons. The number of halogens is 1. The van der Waals surface area contributed by atoms with E-state index in [0.717, 1.165) is 0 Å². The van der Waals surface area contributed by atoms with Crippen LogP contribution in [0.4, 0.5) is 4.39 Å². The van der Waals surface area contributed by atoms with Crippen molar-refractivity contribution in [2.24, 2.45) is 0 Å². The molecule has 30 heavy (non-hydrogen) atoms. The molecule has 0 saturated heterocycles. The maximum atomic E-state index is 14.3. The Morgan fingerprint density at radius 1 is 1.30 bits per heavy atom. The monoisotopic (exact) mass is 410 g/mol. The van der Waals surface area contributed by atoms with Crippen LogP contribution >= 0.6 is 0 Å². The van der Waals surface area contributed by atoms with Gasteiger partial charge < -0.3 is 13.8 Å². The molecule has 4 aromatic rings. The molecule has 0 aliphatic carbocycles. The smallest absolute Gasteiger partial charge is 0.278 e. The van der Waals surface area contributed by atoms with Crippen molar-refractivity contribution in [3.63, 3.8) is 0 Å². The Kier molecular flexibility index (Phi) is 4.83. The SMILES string of the molecule is COCC(C)c1noc(-c2ncn3c2c(=O)n(C(C)C)c2c(C#N)c(F)ccc23)n1. The molecule has 3 heterocycles. The number of ether oxygens (including phenoxy) is 1. The molecule has 10 heteroatoms. The van der Waals surface area contributed by atoms with Crippen molar-refractivity contribution in [3.05, 3.63) is 46.0 Å². The van der Waals surface area contributed by atoms with Crippen molar-refractivity contribution < 1.29 is 13.7 Å². The minimum Gasteiger partial charge on any atom is -0.384 e. The number of nitriles is 1. The van der Waals surface area contributed by atoms with Gasteiger partial charge >= 0.3 is 0 Å². The molecule has 0 bridgehead atoms. The summed E-state index contributed by atoms with van der Waals surface area (Å²) >= 11 is 0. The molecule has 0 radical (unpaired) electrons. The van der Waals surface area contributed by atoms with Crippen molar-refractivity contribution in [2.75, 3.05) is 13.7 Å². The van der Waals surface area contributed by atoms with Crippen LogP contribution < -0.4 is 5.56 Å². The van der Waals surface area contributed by atoms with E-state index < -0.39 is 11.4 Å². The van der Waals surface area contributed by atoms with E-state index in [1.54, 1.807) is 21.0 Å². The van der Waals surface area contributed by atoms with Crippen LogP contribution in [0.25, 0.3) is 28.1 Å². The molecule has 9 nitrogen and oxygen atoms in total. The van der Waals surface area contributed by atoms with Gasteiger partial charge in [0.05, 0.1) is 17.6 Å². The standard InChI is InChI=1S/C20H19FN6O3/c1-10(2)27-16-12(7-22)13(21)5-6-14(16)26-9-23-15(17(26)20(27)28)19-24-18(25-30-19)11(3)8-29-4/h5-6,9-11H,8H2,1-4H3. The van der Waals surface area contributed by atoms with E-state index in [1.807, 2.05) is 13.0 Å². The van der Waals surface area contributed by atoms with Gasteiger partial charge in [-0.15, -0.1) is 0 Å². The van der Waals surface area contributed by atoms with Gasteiger partial charge in [0.1, 0.15) is 29.3 Å². The third-order valence-electron chi connectivity index (χ3n) is 4.93. The zero-order chi connectivity index (χ0) is 21.6. The lowest BCUT2D eigenvalue weighted by molar-refractivity contribution is 0.180. The fourth-order valence-corrected chi connectivity index (χ4v) is 3.56. The average Bonchev–Trinajstić information content (AvgIpc) is 3.35. The van der Waals surface area contributed by atoms with Gasteiger partial charge in [0, 0.05) is 19.1 Å². The predicted molar refractivity (Wildman–Crippen MR) is 106 cm³/mol. The lowest BCUT2D eigenvalue weighted by Gasteiger charge is -2.16. The Morgan fingerprint density at radius 2 is 2.07 bits per heavy atom. The van der Waals surface area contributed by atoms with E-state index in [-0.39, 0.29) is 40.1 Å². The van der Waals surface area contributed by atoms with E-state index in [4.69, 9.17) is 9.26 Å². The zero-order valence-electron chi connectivity index (χ0n) is 16.9. The molecule has 0 aliphatic heterocycles. The molecule has 4 rings (SSSR count). The van der Waals surface area contributed by atoms with Gasteiger partial charge in [-0.05, 0) is 26.0 Å². The molecule has 1 unspecified atom stereocenters. The molecule has 3 aromatic heterocycles. The van der Waals surface area contributed by atoms with Gasteiger partial charge in [0.15, 0.2) is 11.5 Å². The fraction of sp³-hybridized carbons (Fsp3) is 0.350. The highest BCUT2D eigenvalue weighted by Crippen LogP contribution is 2.28. The van der Waals surface area contributed by atoms with E-state index in [9.17, 15) is 14.4 Å². The van der Waals surface area contributed by atoms with Crippen molar-refractivity contribution in [2.45, 2.75) is 32.7 Å². The summed E-state index contributed by atoms with van der Waals surface area (Å²) in [5.74, 6) is -0.250. The molecule has 1 aromatic carbocycles. The van der Waals surface area contributed by atoms with Crippen LogP contribution in [0.5, 0.6) is 0 Å². The second-order valence-corrected chi connectivity index (χ2v) is 7.30. The Bertz CT molecular complexity index is 1360. The average molecular weight is 410 g/mol. The van der Waals surface area contributed by atoms with Gasteiger partial charge in [-0.25, -0.2) is 9.37 Å². The molecular weight excluding hydrogens is 391 g/mol. The number of rotatable bonds is 5. The van der Waals surface area contributed by atoms with Crippen LogP contribution in [0, 0.1) is 17.1 Å². The number of methoxy groups -OCH3 is 1. The van der Waals surface area contributed by atoms with Crippen molar-refractivity contribution in [3.8, 4) is 17.7 Å². The normalized spacial score (nSPS) is 12.7. The Morgan fingerprint density at radius 3 is 2.73 bits per heavy atom. The van der Waals surface area contributed by atoms with Crippen LogP contribution in [-0.2, 0) is 4.74 Å². The number of hydrogen-bond donors (Lipinski definition) is 0. The van der Waals surface area contributed by atoms with Gasteiger partial charge in [0.2, 0.25) is 0 Å². The molecule has 0 N–H and O–H groups in total. The lowest BCUT2D eigenvalue weighted by Crippen LogP contribution is -2.25. The summed E-state index contributed by atoms with van der Waals surface area (Å²) in [4.78, 5) is 22.1. The summed E-state index contributed by atoms with van der Waals surface area (Å²) in [6.07, 6.45) is 1.43. The molecule has 0 amide bonds. The number of aromatic nitrogens is 5. The third-order valence-corrected chi connectivity index (χ3v) is 4.93. The third kappa shape index (κ3) is 2.86. The summed E-state index contributed by atoms with van der Waals surface area (Å²) in [7, 11) is 1.58. The van der Waals surface area contributed by atoms with Crippen molar-refractivity contribution in [1.29, 1.82) is 5.26 Å². The highest BCUT2D eigenvalue weighted by atomic mass is 19.1. The van der Waals surface area contributed by atoms with Crippen LogP contribution in [0.15, 0.2) is 27.8 Å². The van der Waals surface area contributed by atoms with Crippen LogP contribution in [0.3, 0.4) is 0 Å². The molecule has 0 spiro atoms. The van der Waals surface area contributed by atoms with Crippen molar-refractivity contribution in [1.82, 2.24) is 24.1 Å². The Labute approximate surface area is 170 Å². The van der Waals surface area contributed by atoms with E-state index >= 15 is 0 Å². The first-order valence-corrected chi connectivity index (χ1v) is 9.35. The van der Waals surface area contributed by atoms with E-state index in [2.05, 4.69) is 15.1 Å². The first-order chi connectivity index (χ1) is 14.4. The first kappa shape index (κ1) is 19.7. The summed E-state index contributed by atoms with van der Waals surface area (Å²) in [5, 5.41) is 13.5. The molecule has 0 aliphatic rings. The Hall–Kier alpha value is -3.58. The van der Waals surface area contributed by atoms with E-state index in [1.165, 1.54) is 27.4 Å². The first-order valence-electron chi connectivity index (χ1n) is 9.35. The number of fused-ring (bicyclic) bond motifs is 3. The molecular formula is C20H19FN6O3. The summed E-state index contributed by atoms with van der Waals surface area (Å²) < 4.78 is 27.7. The summed E-state index contributed by atoms with van der Waals surface area (Å²) in [6.45, 7) is 5.88. The minimum atomic E-state index is -0.688. The Balaban J connectivity index is 2.05. The van der Waals surface area contributed by atoms with Gasteiger partial charge in [-0.3, -0.25) is 9.20 Å². The highest BCUT2D eigenvalue weighted by Gasteiger charge is 2.25. The molecule has 1 atom stereocenters. The number of imidazole rings is 1. The second-order valence-electron chi connectivity index (χ2n) is 7.30. The largest absolute Gasteiger partial charge is 0.384 e. The quantitative estimate of drug-likeness (QED) is 0.497.